The number of halogens is 1. The van der Waals surface area contributed by atoms with Gasteiger partial charge in [0.05, 0.1) is 24.8 Å². The number of benzene rings is 3. The van der Waals surface area contributed by atoms with Crippen LogP contribution in [-0.4, -0.2) is 58.0 Å². The van der Waals surface area contributed by atoms with Crippen LogP contribution in [0, 0.1) is 6.92 Å². The van der Waals surface area contributed by atoms with Crippen LogP contribution in [0.4, 0.5) is 5.69 Å². The Morgan fingerprint density at radius 1 is 0.978 bits per heavy atom. The van der Waals surface area contributed by atoms with Gasteiger partial charge in [0.25, 0.3) is 10.0 Å². The van der Waals surface area contributed by atoms with Crippen molar-refractivity contribution in [1.82, 2.24) is 10.2 Å². The Bertz CT molecular complexity index is 1570. The standard InChI is InChI=1S/C34H42ClN3O6S/c1-5-30(34(40)36-27-11-7-6-8-12-27)37(22-25-10-9-13-28(20-25)43-3)33(39)23-38(31-21-26(35)16-19-32(31)44-4)45(41,42)29-17-14-24(2)15-18-29/h9-10,13-21,27,30H,5-8,11-12,22-23H2,1-4H3,(H,36,40). The molecule has 1 saturated carbocycles. The van der Waals surface area contributed by atoms with Crippen LogP contribution >= 0.6 is 11.6 Å². The molecular weight excluding hydrogens is 614 g/mol. The second kappa shape index (κ2) is 15.5. The molecule has 0 bridgehead atoms. The Labute approximate surface area is 271 Å². The van der Waals surface area contributed by atoms with E-state index >= 15 is 0 Å². The molecule has 1 atom stereocenters. The molecule has 242 valence electrons. The van der Waals surface area contributed by atoms with Crippen molar-refractivity contribution in [2.45, 2.75) is 75.9 Å². The van der Waals surface area contributed by atoms with E-state index in [1.165, 1.54) is 30.2 Å². The van der Waals surface area contributed by atoms with E-state index in [2.05, 4.69) is 5.32 Å². The van der Waals surface area contributed by atoms with Crippen molar-refractivity contribution in [2.75, 3.05) is 25.1 Å². The Hall–Kier alpha value is -3.76. The normalized spacial score (nSPS) is 14.3. The molecule has 45 heavy (non-hydrogen) atoms. The highest BCUT2D eigenvalue weighted by Crippen LogP contribution is 2.35. The second-order valence-corrected chi connectivity index (χ2v) is 13.6. The summed E-state index contributed by atoms with van der Waals surface area (Å²) in [5.74, 6) is 0.0197. The molecule has 0 aliphatic heterocycles. The minimum absolute atomic E-state index is 0.00403. The average Bonchev–Trinajstić information content (AvgIpc) is 3.04. The first kappa shape index (κ1) is 34.1. The number of aryl methyl sites for hydroxylation is 1. The lowest BCUT2D eigenvalue weighted by atomic mass is 9.95. The highest BCUT2D eigenvalue weighted by atomic mass is 35.5. The maximum Gasteiger partial charge on any atom is 0.264 e. The van der Waals surface area contributed by atoms with E-state index in [1.807, 2.05) is 26.0 Å². The van der Waals surface area contributed by atoms with E-state index in [-0.39, 0.29) is 39.8 Å². The molecule has 1 aliphatic rings. The third-order valence-electron chi connectivity index (χ3n) is 8.12. The number of carbonyl (C=O) groups excluding carboxylic acids is 2. The summed E-state index contributed by atoms with van der Waals surface area (Å²) < 4.78 is 40.4. The van der Waals surface area contributed by atoms with Crippen LogP contribution in [-0.2, 0) is 26.2 Å². The van der Waals surface area contributed by atoms with Gasteiger partial charge in [-0.3, -0.25) is 13.9 Å². The molecular formula is C34H42ClN3O6S. The molecule has 1 aliphatic carbocycles. The Morgan fingerprint density at radius 2 is 1.69 bits per heavy atom. The number of amides is 2. The van der Waals surface area contributed by atoms with E-state index in [0.29, 0.717) is 12.2 Å². The monoisotopic (exact) mass is 655 g/mol. The summed E-state index contributed by atoms with van der Waals surface area (Å²) in [5, 5.41) is 3.43. The largest absolute Gasteiger partial charge is 0.497 e. The van der Waals surface area contributed by atoms with E-state index in [9.17, 15) is 18.0 Å². The molecule has 1 unspecified atom stereocenters. The summed E-state index contributed by atoms with van der Waals surface area (Å²) >= 11 is 6.34. The van der Waals surface area contributed by atoms with Crippen molar-refractivity contribution in [3.63, 3.8) is 0 Å². The van der Waals surface area contributed by atoms with Crippen LogP contribution < -0.4 is 19.1 Å². The summed E-state index contributed by atoms with van der Waals surface area (Å²) in [6, 6.07) is 17.4. The molecule has 1 fully saturated rings. The third kappa shape index (κ3) is 8.49. The van der Waals surface area contributed by atoms with Gasteiger partial charge in [-0.25, -0.2) is 8.42 Å². The number of ether oxygens (including phenoxy) is 2. The maximum atomic E-state index is 14.4. The molecule has 3 aromatic carbocycles. The maximum absolute atomic E-state index is 14.4. The van der Waals surface area contributed by atoms with Gasteiger partial charge in [0.1, 0.15) is 24.1 Å². The fraction of sp³-hybridized carbons (Fsp3) is 0.412. The Balaban J connectivity index is 1.77. The smallest absolute Gasteiger partial charge is 0.264 e. The molecule has 9 nitrogen and oxygen atoms in total. The molecule has 4 rings (SSSR count). The van der Waals surface area contributed by atoms with Gasteiger partial charge in [-0.15, -0.1) is 0 Å². The number of methoxy groups -OCH3 is 2. The average molecular weight is 656 g/mol. The highest BCUT2D eigenvalue weighted by molar-refractivity contribution is 7.92. The molecule has 0 heterocycles. The Kier molecular flexibility index (Phi) is 11.7. The van der Waals surface area contributed by atoms with Crippen LogP contribution in [0.3, 0.4) is 0 Å². The van der Waals surface area contributed by atoms with Gasteiger partial charge in [-0.05, 0) is 74.2 Å². The van der Waals surface area contributed by atoms with Gasteiger partial charge in [-0.1, -0.05) is 67.6 Å². The zero-order valence-electron chi connectivity index (χ0n) is 26.3. The molecule has 1 N–H and O–H groups in total. The first-order chi connectivity index (χ1) is 21.6. The number of carbonyl (C=O) groups is 2. The third-order valence-corrected chi connectivity index (χ3v) is 10.1. The first-order valence-corrected chi connectivity index (χ1v) is 17.0. The molecule has 0 radical (unpaired) electrons. The minimum Gasteiger partial charge on any atom is -0.497 e. The van der Waals surface area contributed by atoms with Gasteiger partial charge in [0.15, 0.2) is 0 Å². The van der Waals surface area contributed by atoms with Crippen molar-refractivity contribution in [3.8, 4) is 11.5 Å². The number of rotatable bonds is 13. The number of nitrogens with one attached hydrogen (secondary N) is 1. The van der Waals surface area contributed by atoms with Crippen molar-refractivity contribution < 1.29 is 27.5 Å². The van der Waals surface area contributed by atoms with Gasteiger partial charge in [0, 0.05) is 17.6 Å². The highest BCUT2D eigenvalue weighted by Gasteiger charge is 2.35. The number of hydrogen-bond acceptors (Lipinski definition) is 6. The lowest BCUT2D eigenvalue weighted by molar-refractivity contribution is -0.140. The van der Waals surface area contributed by atoms with E-state index in [0.717, 1.165) is 47.5 Å². The van der Waals surface area contributed by atoms with E-state index < -0.39 is 28.5 Å². The van der Waals surface area contributed by atoms with Gasteiger partial charge in [-0.2, -0.15) is 0 Å². The Morgan fingerprint density at radius 3 is 2.33 bits per heavy atom. The second-order valence-electron chi connectivity index (χ2n) is 11.3. The summed E-state index contributed by atoms with van der Waals surface area (Å²) in [6.07, 6.45) is 5.34. The van der Waals surface area contributed by atoms with E-state index in [1.54, 1.807) is 43.5 Å². The topological polar surface area (TPSA) is 105 Å². The number of nitrogens with zero attached hydrogens (tertiary/aromatic N) is 2. The minimum atomic E-state index is -4.28. The molecule has 3 aromatic rings. The van der Waals surface area contributed by atoms with E-state index in [4.69, 9.17) is 21.1 Å². The van der Waals surface area contributed by atoms with Crippen molar-refractivity contribution in [2.24, 2.45) is 0 Å². The zero-order chi connectivity index (χ0) is 32.6. The molecule has 11 heteroatoms. The molecule has 0 spiro atoms. The summed E-state index contributed by atoms with van der Waals surface area (Å²) in [7, 11) is -1.31. The van der Waals surface area contributed by atoms with Gasteiger partial charge >= 0.3 is 0 Å². The van der Waals surface area contributed by atoms with Crippen LogP contribution in [0.1, 0.15) is 56.6 Å². The zero-order valence-corrected chi connectivity index (χ0v) is 27.9. The summed E-state index contributed by atoms with van der Waals surface area (Å²) in [5.41, 5.74) is 1.73. The number of sulfonamides is 1. The van der Waals surface area contributed by atoms with Gasteiger partial charge in [0.2, 0.25) is 11.8 Å². The fourth-order valence-corrected chi connectivity index (χ4v) is 7.22. The summed E-state index contributed by atoms with van der Waals surface area (Å²) in [4.78, 5) is 29.7. The van der Waals surface area contributed by atoms with Crippen molar-refractivity contribution >= 4 is 39.1 Å². The predicted octanol–water partition coefficient (Wildman–Crippen LogP) is 6.12. The summed E-state index contributed by atoms with van der Waals surface area (Å²) in [6.45, 7) is 3.18. The lowest BCUT2D eigenvalue weighted by Crippen LogP contribution is -2.54. The van der Waals surface area contributed by atoms with Crippen LogP contribution in [0.15, 0.2) is 71.6 Å². The van der Waals surface area contributed by atoms with Crippen LogP contribution in [0.5, 0.6) is 11.5 Å². The van der Waals surface area contributed by atoms with Crippen molar-refractivity contribution in [3.05, 3.63) is 82.9 Å². The van der Waals surface area contributed by atoms with Crippen LogP contribution in [0.25, 0.3) is 0 Å². The number of hydrogen-bond donors (Lipinski definition) is 1. The number of anilines is 1. The van der Waals surface area contributed by atoms with Crippen LogP contribution in [0.2, 0.25) is 5.02 Å². The lowest BCUT2D eigenvalue weighted by Gasteiger charge is -2.34. The predicted molar refractivity (Wildman–Crippen MR) is 176 cm³/mol. The molecule has 0 aromatic heterocycles. The first-order valence-electron chi connectivity index (χ1n) is 15.2. The quantitative estimate of drug-likeness (QED) is 0.238. The molecule has 2 amide bonds. The SMILES string of the molecule is CCC(C(=O)NC1CCCCC1)N(Cc1cccc(OC)c1)C(=O)CN(c1cc(Cl)ccc1OC)S(=O)(=O)c1ccc(C)cc1. The van der Waals surface area contributed by atoms with Crippen molar-refractivity contribution in [1.29, 1.82) is 0 Å². The molecule has 0 saturated heterocycles. The fourth-order valence-electron chi connectivity index (χ4n) is 5.64. The van der Waals surface area contributed by atoms with Gasteiger partial charge < -0.3 is 19.7 Å².